The van der Waals surface area contributed by atoms with Crippen LogP contribution in [0.4, 0.5) is 0 Å². The topological polar surface area (TPSA) is 63.4 Å². The summed E-state index contributed by atoms with van der Waals surface area (Å²) in [6.45, 7) is 2.58. The van der Waals surface area contributed by atoms with E-state index in [1.165, 1.54) is 4.31 Å². The van der Waals surface area contributed by atoms with Crippen LogP contribution in [-0.4, -0.2) is 31.9 Å². The van der Waals surface area contributed by atoms with E-state index in [9.17, 15) is 8.42 Å². The van der Waals surface area contributed by atoms with Crippen molar-refractivity contribution in [3.63, 3.8) is 0 Å². The first-order chi connectivity index (χ1) is 7.93. The summed E-state index contributed by atoms with van der Waals surface area (Å²) in [5.74, 6) is 0. The van der Waals surface area contributed by atoms with Crippen LogP contribution in [0.2, 0.25) is 5.02 Å². The zero-order valence-corrected chi connectivity index (χ0v) is 12.4. The predicted molar refractivity (Wildman–Crippen MR) is 74.8 cm³/mol. The van der Waals surface area contributed by atoms with Crippen LogP contribution in [0, 0.1) is 6.92 Å². The van der Waals surface area contributed by atoms with Crippen molar-refractivity contribution in [2.24, 2.45) is 5.73 Å². The Labute approximate surface area is 119 Å². The van der Waals surface area contributed by atoms with E-state index in [0.717, 1.165) is 0 Å². The van der Waals surface area contributed by atoms with E-state index < -0.39 is 10.0 Å². The zero-order chi connectivity index (χ0) is 12.6. The summed E-state index contributed by atoms with van der Waals surface area (Å²) in [7, 11) is -3.46. The number of rotatable bonds is 2. The molecular formula is C11H16Cl2N2O2S. The predicted octanol–water partition coefficient (Wildman–Crippen LogP) is 1.79. The second-order valence-corrected chi connectivity index (χ2v) is 6.59. The number of hydrogen-bond donors (Lipinski definition) is 1. The van der Waals surface area contributed by atoms with Gasteiger partial charge in [0.1, 0.15) is 0 Å². The Morgan fingerprint density at radius 2 is 2.11 bits per heavy atom. The van der Waals surface area contributed by atoms with Crippen molar-refractivity contribution in [3.8, 4) is 0 Å². The van der Waals surface area contributed by atoms with Gasteiger partial charge in [-0.2, -0.15) is 4.31 Å². The molecule has 0 aromatic heterocycles. The van der Waals surface area contributed by atoms with Gasteiger partial charge in [-0.3, -0.25) is 0 Å². The Morgan fingerprint density at radius 1 is 1.44 bits per heavy atom. The minimum absolute atomic E-state index is 0. The van der Waals surface area contributed by atoms with E-state index in [2.05, 4.69) is 0 Å². The molecule has 0 unspecified atom stereocenters. The summed E-state index contributed by atoms with van der Waals surface area (Å²) in [4.78, 5) is 0.277. The van der Waals surface area contributed by atoms with E-state index >= 15 is 0 Å². The Bertz CT molecular complexity index is 534. The van der Waals surface area contributed by atoms with Gasteiger partial charge in [-0.1, -0.05) is 17.7 Å². The molecule has 0 radical (unpaired) electrons. The van der Waals surface area contributed by atoms with Crippen LogP contribution in [0.15, 0.2) is 23.1 Å². The van der Waals surface area contributed by atoms with Crippen LogP contribution in [-0.2, 0) is 10.0 Å². The molecule has 2 rings (SSSR count). The highest BCUT2D eigenvalue weighted by Crippen LogP contribution is 2.27. The minimum atomic E-state index is -3.46. The monoisotopic (exact) mass is 310 g/mol. The molecule has 1 aliphatic heterocycles. The molecule has 102 valence electrons. The summed E-state index contributed by atoms with van der Waals surface area (Å²) in [5, 5.41) is 0.467. The maximum atomic E-state index is 12.4. The Kier molecular flexibility index (Phi) is 5.03. The molecule has 1 saturated heterocycles. The van der Waals surface area contributed by atoms with Crippen LogP contribution in [0.5, 0.6) is 0 Å². The second-order valence-electron chi connectivity index (χ2n) is 4.27. The first kappa shape index (κ1) is 15.7. The van der Waals surface area contributed by atoms with Gasteiger partial charge in [-0.15, -0.1) is 12.4 Å². The third-order valence-electron chi connectivity index (χ3n) is 3.02. The van der Waals surface area contributed by atoms with E-state index in [-0.39, 0.29) is 23.3 Å². The van der Waals surface area contributed by atoms with Gasteiger partial charge in [-0.05, 0) is 31.0 Å². The van der Waals surface area contributed by atoms with Crippen molar-refractivity contribution in [3.05, 3.63) is 28.8 Å². The van der Waals surface area contributed by atoms with Crippen molar-refractivity contribution in [2.75, 3.05) is 13.1 Å². The van der Waals surface area contributed by atoms with Gasteiger partial charge in [-0.25, -0.2) is 8.42 Å². The maximum Gasteiger partial charge on any atom is 0.243 e. The summed E-state index contributed by atoms with van der Waals surface area (Å²) in [5.41, 5.74) is 6.33. The number of benzene rings is 1. The van der Waals surface area contributed by atoms with Crippen molar-refractivity contribution < 1.29 is 8.42 Å². The highest BCUT2D eigenvalue weighted by Gasteiger charge is 2.32. The molecule has 2 N–H and O–H groups in total. The van der Waals surface area contributed by atoms with Gasteiger partial charge < -0.3 is 5.73 Å². The number of sulfonamides is 1. The lowest BCUT2D eigenvalue weighted by Crippen LogP contribution is -2.32. The Hall–Kier alpha value is -0.330. The SMILES string of the molecule is Cc1c(Cl)cccc1S(=O)(=O)N1CC[C@H](N)C1.Cl. The molecule has 0 aliphatic carbocycles. The normalized spacial score (nSPS) is 20.7. The molecule has 1 heterocycles. The van der Waals surface area contributed by atoms with Crippen molar-refractivity contribution in [2.45, 2.75) is 24.3 Å². The highest BCUT2D eigenvalue weighted by atomic mass is 35.5. The van der Waals surface area contributed by atoms with E-state index in [1.807, 2.05) is 0 Å². The van der Waals surface area contributed by atoms with Crippen molar-refractivity contribution >= 4 is 34.0 Å². The van der Waals surface area contributed by atoms with Crippen LogP contribution in [0.25, 0.3) is 0 Å². The van der Waals surface area contributed by atoms with Gasteiger partial charge in [0.05, 0.1) is 4.90 Å². The number of nitrogens with two attached hydrogens (primary N) is 1. The fraction of sp³-hybridized carbons (Fsp3) is 0.455. The molecule has 0 saturated carbocycles. The zero-order valence-electron chi connectivity index (χ0n) is 9.97. The molecule has 1 fully saturated rings. The molecule has 7 heteroatoms. The fourth-order valence-corrected chi connectivity index (χ4v) is 3.97. The number of halogens is 2. The summed E-state index contributed by atoms with van der Waals surface area (Å²) < 4.78 is 26.2. The smallest absolute Gasteiger partial charge is 0.243 e. The van der Waals surface area contributed by atoms with Gasteiger partial charge in [0.25, 0.3) is 0 Å². The number of hydrogen-bond acceptors (Lipinski definition) is 3. The minimum Gasteiger partial charge on any atom is -0.326 e. The number of nitrogens with zero attached hydrogens (tertiary/aromatic N) is 1. The molecule has 0 bridgehead atoms. The molecule has 1 atom stereocenters. The van der Waals surface area contributed by atoms with E-state index in [0.29, 0.717) is 30.1 Å². The molecule has 18 heavy (non-hydrogen) atoms. The standard InChI is InChI=1S/C11H15ClN2O2S.ClH/c1-8-10(12)3-2-4-11(8)17(15,16)14-6-5-9(13)7-14;/h2-4,9H,5-7,13H2,1H3;1H/t9-;/m0./s1. The third-order valence-corrected chi connectivity index (χ3v) is 5.44. The summed E-state index contributed by atoms with van der Waals surface area (Å²) in [6.07, 6.45) is 0.707. The lowest BCUT2D eigenvalue weighted by molar-refractivity contribution is 0.472. The van der Waals surface area contributed by atoms with Crippen molar-refractivity contribution in [1.29, 1.82) is 0 Å². The summed E-state index contributed by atoms with van der Waals surface area (Å²) in [6, 6.07) is 4.86. The molecular weight excluding hydrogens is 295 g/mol. The Morgan fingerprint density at radius 3 is 2.67 bits per heavy atom. The average Bonchev–Trinajstić information content (AvgIpc) is 2.69. The first-order valence-corrected chi connectivity index (χ1v) is 7.25. The lowest BCUT2D eigenvalue weighted by Gasteiger charge is -2.17. The molecule has 1 aliphatic rings. The largest absolute Gasteiger partial charge is 0.326 e. The van der Waals surface area contributed by atoms with Gasteiger partial charge in [0.15, 0.2) is 0 Å². The van der Waals surface area contributed by atoms with Crippen molar-refractivity contribution in [1.82, 2.24) is 4.31 Å². The van der Waals surface area contributed by atoms with Gasteiger partial charge in [0.2, 0.25) is 10.0 Å². The molecule has 0 amide bonds. The van der Waals surface area contributed by atoms with Crippen LogP contribution < -0.4 is 5.73 Å². The van der Waals surface area contributed by atoms with E-state index in [1.54, 1.807) is 25.1 Å². The van der Waals surface area contributed by atoms with E-state index in [4.69, 9.17) is 17.3 Å². The summed E-state index contributed by atoms with van der Waals surface area (Å²) >= 11 is 5.95. The maximum absolute atomic E-state index is 12.4. The molecule has 0 spiro atoms. The molecule has 1 aromatic carbocycles. The lowest BCUT2D eigenvalue weighted by atomic mass is 10.2. The van der Waals surface area contributed by atoms with Crippen LogP contribution in [0.1, 0.15) is 12.0 Å². The fourth-order valence-electron chi connectivity index (χ4n) is 1.98. The second kappa shape index (κ2) is 5.75. The Balaban J connectivity index is 0.00000162. The average molecular weight is 311 g/mol. The quantitative estimate of drug-likeness (QED) is 0.906. The van der Waals surface area contributed by atoms with Crippen LogP contribution >= 0.6 is 24.0 Å². The highest BCUT2D eigenvalue weighted by molar-refractivity contribution is 7.89. The van der Waals surface area contributed by atoms with Gasteiger partial charge >= 0.3 is 0 Å². The third kappa shape index (κ3) is 2.81. The van der Waals surface area contributed by atoms with Gasteiger partial charge in [0, 0.05) is 24.2 Å². The molecule has 4 nitrogen and oxygen atoms in total. The first-order valence-electron chi connectivity index (χ1n) is 5.44. The molecule has 1 aromatic rings. The van der Waals surface area contributed by atoms with Crippen LogP contribution in [0.3, 0.4) is 0 Å².